The molecule has 0 radical (unpaired) electrons. The molecule has 2 N–H and O–H groups in total. The third-order valence-corrected chi connectivity index (χ3v) is 2.76. The first kappa shape index (κ1) is 14.3. The monoisotopic (exact) mass is 283 g/mol. The van der Waals surface area contributed by atoms with Crippen LogP contribution in [0.3, 0.4) is 0 Å². The summed E-state index contributed by atoms with van der Waals surface area (Å²) in [5.41, 5.74) is 3.81. The highest BCUT2D eigenvalue weighted by Crippen LogP contribution is 2.13. The molecule has 0 fully saturated rings. The zero-order valence-electron chi connectivity index (χ0n) is 11.5. The van der Waals surface area contributed by atoms with Gasteiger partial charge in [-0.1, -0.05) is 12.1 Å². The molecule has 0 aliphatic carbocycles. The smallest absolute Gasteiger partial charge is 0.291 e. The van der Waals surface area contributed by atoms with Gasteiger partial charge in [-0.05, 0) is 19.1 Å². The molecule has 0 saturated carbocycles. The number of imidazole rings is 1. The SMILES string of the molecule is COc1cccc(C(C#N)=NNC(=O)c2nc[nH]c2C)c1. The molecule has 21 heavy (non-hydrogen) atoms. The van der Waals surface area contributed by atoms with Crippen molar-refractivity contribution in [3.05, 3.63) is 47.5 Å². The molecule has 0 spiro atoms. The van der Waals surface area contributed by atoms with Crippen molar-refractivity contribution >= 4 is 11.6 Å². The van der Waals surface area contributed by atoms with Gasteiger partial charge < -0.3 is 9.72 Å². The molecule has 0 aliphatic heterocycles. The van der Waals surface area contributed by atoms with Gasteiger partial charge in [0.05, 0.1) is 13.4 Å². The number of amides is 1. The van der Waals surface area contributed by atoms with E-state index in [9.17, 15) is 4.79 Å². The molecule has 1 amide bonds. The number of carbonyl (C=O) groups is 1. The van der Waals surface area contributed by atoms with E-state index in [1.807, 2.05) is 6.07 Å². The van der Waals surface area contributed by atoms with Crippen molar-refractivity contribution < 1.29 is 9.53 Å². The Morgan fingerprint density at radius 1 is 1.52 bits per heavy atom. The molecule has 0 atom stereocenters. The fourth-order valence-electron chi connectivity index (χ4n) is 1.67. The summed E-state index contributed by atoms with van der Waals surface area (Å²) in [7, 11) is 1.53. The van der Waals surface area contributed by atoms with Crippen LogP contribution in [0.1, 0.15) is 21.7 Å². The number of hydrogen-bond acceptors (Lipinski definition) is 5. The first-order chi connectivity index (χ1) is 10.2. The number of H-pyrrole nitrogens is 1. The van der Waals surface area contributed by atoms with E-state index in [1.54, 1.807) is 31.2 Å². The molecule has 2 aromatic rings. The average Bonchev–Trinajstić information content (AvgIpc) is 2.94. The van der Waals surface area contributed by atoms with E-state index in [1.165, 1.54) is 13.4 Å². The molecule has 0 aliphatic rings. The van der Waals surface area contributed by atoms with Crippen LogP contribution in [0, 0.1) is 18.3 Å². The molecule has 0 unspecified atom stereocenters. The summed E-state index contributed by atoms with van der Waals surface area (Å²) in [5.74, 6) is 0.120. The second-order valence-electron chi connectivity index (χ2n) is 4.12. The highest BCUT2D eigenvalue weighted by Gasteiger charge is 2.11. The van der Waals surface area contributed by atoms with Crippen molar-refractivity contribution in [1.82, 2.24) is 15.4 Å². The normalized spacial score (nSPS) is 10.8. The first-order valence-corrected chi connectivity index (χ1v) is 6.08. The second-order valence-corrected chi connectivity index (χ2v) is 4.12. The van der Waals surface area contributed by atoms with Gasteiger partial charge in [0.15, 0.2) is 11.4 Å². The third kappa shape index (κ3) is 3.25. The minimum Gasteiger partial charge on any atom is -0.497 e. The van der Waals surface area contributed by atoms with Gasteiger partial charge in [-0.3, -0.25) is 4.79 Å². The van der Waals surface area contributed by atoms with E-state index in [2.05, 4.69) is 20.5 Å². The topological polar surface area (TPSA) is 103 Å². The van der Waals surface area contributed by atoms with Crippen LogP contribution in [0.15, 0.2) is 35.7 Å². The van der Waals surface area contributed by atoms with Crippen LogP contribution in [0.5, 0.6) is 5.75 Å². The molecule has 1 aromatic heterocycles. The quantitative estimate of drug-likeness (QED) is 0.653. The standard InChI is InChI=1S/C14H13N5O2/c1-9-13(17-8-16-9)14(20)19-18-12(7-15)10-4-3-5-11(6-10)21-2/h3-6,8H,1-2H3,(H,16,17)(H,19,20). The van der Waals surface area contributed by atoms with Gasteiger partial charge in [-0.25, -0.2) is 10.4 Å². The summed E-state index contributed by atoms with van der Waals surface area (Å²) in [6.07, 6.45) is 1.42. The van der Waals surface area contributed by atoms with Crippen molar-refractivity contribution in [2.75, 3.05) is 7.11 Å². The van der Waals surface area contributed by atoms with E-state index in [0.717, 1.165) is 0 Å². The van der Waals surface area contributed by atoms with Crippen molar-refractivity contribution in [3.8, 4) is 11.8 Å². The van der Waals surface area contributed by atoms with Crippen molar-refractivity contribution in [2.45, 2.75) is 6.92 Å². The Kier molecular flexibility index (Phi) is 4.31. The lowest BCUT2D eigenvalue weighted by atomic mass is 10.1. The number of methoxy groups -OCH3 is 1. The van der Waals surface area contributed by atoms with Crippen LogP contribution < -0.4 is 10.2 Å². The van der Waals surface area contributed by atoms with Crippen LogP contribution in [-0.2, 0) is 0 Å². The van der Waals surface area contributed by atoms with E-state index >= 15 is 0 Å². The number of aromatic amines is 1. The lowest BCUT2D eigenvalue weighted by molar-refractivity contribution is 0.0950. The van der Waals surface area contributed by atoms with Gasteiger partial charge in [0.25, 0.3) is 5.91 Å². The molecular weight excluding hydrogens is 270 g/mol. The zero-order valence-corrected chi connectivity index (χ0v) is 11.5. The Hall–Kier alpha value is -3.14. The number of aromatic nitrogens is 2. The van der Waals surface area contributed by atoms with Gasteiger partial charge in [-0.15, -0.1) is 0 Å². The van der Waals surface area contributed by atoms with Crippen molar-refractivity contribution in [1.29, 1.82) is 5.26 Å². The van der Waals surface area contributed by atoms with Crippen molar-refractivity contribution in [2.24, 2.45) is 5.10 Å². The Morgan fingerprint density at radius 2 is 2.33 bits per heavy atom. The molecule has 2 rings (SSSR count). The fraction of sp³-hybridized carbons (Fsp3) is 0.143. The Morgan fingerprint density at radius 3 is 2.95 bits per heavy atom. The lowest BCUT2D eigenvalue weighted by Gasteiger charge is -2.03. The maximum absolute atomic E-state index is 11.9. The van der Waals surface area contributed by atoms with E-state index in [4.69, 9.17) is 10.00 Å². The zero-order chi connectivity index (χ0) is 15.2. The number of nitrogens with one attached hydrogen (secondary N) is 2. The number of nitriles is 1. The predicted molar refractivity (Wildman–Crippen MR) is 75.9 cm³/mol. The number of ether oxygens (including phenoxy) is 1. The number of carbonyl (C=O) groups excluding carboxylic acids is 1. The van der Waals surface area contributed by atoms with Gasteiger partial charge >= 0.3 is 0 Å². The highest BCUT2D eigenvalue weighted by atomic mass is 16.5. The maximum Gasteiger partial charge on any atom is 0.291 e. The molecule has 7 heteroatoms. The Bertz CT molecular complexity index is 727. The minimum atomic E-state index is -0.482. The number of hydrazone groups is 1. The summed E-state index contributed by atoms with van der Waals surface area (Å²) in [4.78, 5) is 18.5. The van der Waals surface area contributed by atoms with E-state index in [0.29, 0.717) is 17.0 Å². The van der Waals surface area contributed by atoms with Crippen LogP contribution >= 0.6 is 0 Å². The Balaban J connectivity index is 2.20. The van der Waals surface area contributed by atoms with Crippen LogP contribution in [0.25, 0.3) is 0 Å². The molecular formula is C14H13N5O2. The van der Waals surface area contributed by atoms with E-state index in [-0.39, 0.29) is 11.4 Å². The summed E-state index contributed by atoms with van der Waals surface area (Å²) >= 11 is 0. The van der Waals surface area contributed by atoms with E-state index < -0.39 is 5.91 Å². The second kappa shape index (κ2) is 6.34. The third-order valence-electron chi connectivity index (χ3n) is 2.76. The van der Waals surface area contributed by atoms with Gasteiger partial charge in [0, 0.05) is 11.3 Å². The minimum absolute atomic E-state index is 0.0791. The highest BCUT2D eigenvalue weighted by molar-refractivity contribution is 6.12. The number of rotatable bonds is 4. The number of hydrogen-bond donors (Lipinski definition) is 2. The summed E-state index contributed by atoms with van der Waals surface area (Å²) in [6.45, 7) is 1.72. The molecule has 106 valence electrons. The molecule has 1 aromatic carbocycles. The largest absolute Gasteiger partial charge is 0.497 e. The molecule has 1 heterocycles. The predicted octanol–water partition coefficient (Wildman–Crippen LogP) is 1.38. The first-order valence-electron chi connectivity index (χ1n) is 6.08. The fourth-order valence-corrected chi connectivity index (χ4v) is 1.67. The number of benzene rings is 1. The molecule has 7 nitrogen and oxygen atoms in total. The van der Waals surface area contributed by atoms with Crippen LogP contribution in [0.4, 0.5) is 0 Å². The number of nitrogens with zero attached hydrogens (tertiary/aromatic N) is 3. The molecule has 0 saturated heterocycles. The van der Waals surface area contributed by atoms with Crippen LogP contribution in [0.2, 0.25) is 0 Å². The lowest BCUT2D eigenvalue weighted by Crippen LogP contribution is -2.21. The van der Waals surface area contributed by atoms with Gasteiger partial charge in [0.1, 0.15) is 11.8 Å². The summed E-state index contributed by atoms with van der Waals surface area (Å²) < 4.78 is 5.08. The average molecular weight is 283 g/mol. The van der Waals surface area contributed by atoms with Gasteiger partial charge in [0.2, 0.25) is 0 Å². The maximum atomic E-state index is 11.9. The molecule has 0 bridgehead atoms. The number of aryl methyl sites for hydroxylation is 1. The summed E-state index contributed by atoms with van der Waals surface area (Å²) in [5, 5.41) is 13.0. The summed E-state index contributed by atoms with van der Waals surface area (Å²) in [6, 6.07) is 8.79. The Labute approximate surface area is 121 Å². The van der Waals surface area contributed by atoms with Crippen molar-refractivity contribution in [3.63, 3.8) is 0 Å². The van der Waals surface area contributed by atoms with Crippen LogP contribution in [-0.4, -0.2) is 28.7 Å². The van der Waals surface area contributed by atoms with Gasteiger partial charge in [-0.2, -0.15) is 10.4 Å².